The van der Waals surface area contributed by atoms with Crippen molar-refractivity contribution in [2.24, 2.45) is 0 Å². The van der Waals surface area contributed by atoms with Crippen molar-refractivity contribution in [1.82, 2.24) is 0 Å². The Hall–Kier alpha value is -1.06. The van der Waals surface area contributed by atoms with Crippen LogP contribution in [0.4, 0.5) is 11.4 Å². The Morgan fingerprint density at radius 2 is 1.12 bits per heavy atom. The maximum Gasteiger partial charge on any atom is 0.177 e. The van der Waals surface area contributed by atoms with Crippen molar-refractivity contribution >= 4 is 11.4 Å². The molecule has 1 aliphatic carbocycles. The summed E-state index contributed by atoms with van der Waals surface area (Å²) >= 11 is 0. The monoisotopic (exact) mass is 266 g/mol. The SMILES string of the molecule is [Cl-].[Cl-].[NH2+]c1ccc2c(c1)Cc1cc([NH2+])ccc1-2. The van der Waals surface area contributed by atoms with Crippen molar-refractivity contribution in [1.29, 1.82) is 0 Å². The van der Waals surface area contributed by atoms with Gasteiger partial charge in [-0.2, -0.15) is 11.5 Å². The number of benzene rings is 2. The third-order valence-electron chi connectivity index (χ3n) is 2.93. The zero-order valence-electron chi connectivity index (χ0n) is 9.08. The van der Waals surface area contributed by atoms with E-state index in [0.717, 1.165) is 17.8 Å². The zero-order valence-corrected chi connectivity index (χ0v) is 10.6. The Morgan fingerprint density at radius 3 is 1.53 bits per heavy atom. The fourth-order valence-corrected chi connectivity index (χ4v) is 2.25. The Kier molecular flexibility index (Phi) is 4.17. The van der Waals surface area contributed by atoms with Gasteiger partial charge in [-0.05, 0) is 40.8 Å². The van der Waals surface area contributed by atoms with Crippen molar-refractivity contribution < 1.29 is 36.3 Å². The van der Waals surface area contributed by atoms with Crippen molar-refractivity contribution in [3.8, 4) is 11.1 Å². The predicted octanol–water partition coefficient (Wildman–Crippen LogP) is -5.42. The third-order valence-corrected chi connectivity index (χ3v) is 2.93. The fourth-order valence-electron chi connectivity index (χ4n) is 2.25. The second kappa shape index (κ2) is 5.07. The second-order valence-electron chi connectivity index (χ2n) is 4.01. The highest BCUT2D eigenvalue weighted by molar-refractivity contribution is 5.78. The van der Waals surface area contributed by atoms with Crippen molar-refractivity contribution in [2.45, 2.75) is 6.42 Å². The first-order valence-corrected chi connectivity index (χ1v) is 5.01. The van der Waals surface area contributed by atoms with Gasteiger partial charge in [-0.3, -0.25) is 0 Å². The molecule has 17 heavy (non-hydrogen) atoms. The van der Waals surface area contributed by atoms with E-state index in [4.69, 9.17) is 11.5 Å². The maximum absolute atomic E-state index is 5.77. The number of hydrogen-bond donors (Lipinski definition) is 2. The number of nitrogen functional groups attached to an aromatic ring is 2. The van der Waals surface area contributed by atoms with Gasteiger partial charge >= 0.3 is 0 Å². The van der Waals surface area contributed by atoms with Crippen LogP contribution >= 0.6 is 0 Å². The Balaban J connectivity index is 0.000000722. The summed E-state index contributed by atoms with van der Waals surface area (Å²) in [6.45, 7) is 0. The standard InChI is InChI=1S/C13H12N2.2ClH/c14-10-1-3-12-8(6-10)5-9-7-11(15)2-4-13(9)12;;/h1-4,6-7H,5,14-15H2;2*1H/q+2;;/p-2. The van der Waals surface area contributed by atoms with Gasteiger partial charge in [0.15, 0.2) is 11.4 Å². The number of rotatable bonds is 0. The number of fused-ring (bicyclic) bond motifs is 3. The van der Waals surface area contributed by atoms with Gasteiger partial charge in [0.05, 0.1) is 0 Å². The van der Waals surface area contributed by atoms with Crippen LogP contribution in [-0.4, -0.2) is 0 Å². The van der Waals surface area contributed by atoms with E-state index in [1.807, 2.05) is 24.3 Å². The summed E-state index contributed by atoms with van der Waals surface area (Å²) in [7, 11) is 0. The molecule has 0 fully saturated rings. The van der Waals surface area contributed by atoms with Crippen LogP contribution in [0.15, 0.2) is 36.4 Å². The molecule has 0 aromatic heterocycles. The van der Waals surface area contributed by atoms with E-state index >= 15 is 0 Å². The van der Waals surface area contributed by atoms with Crippen LogP contribution in [0.1, 0.15) is 11.1 Å². The van der Waals surface area contributed by atoms with Gasteiger partial charge in [-0.25, -0.2) is 0 Å². The molecule has 2 aromatic carbocycles. The first kappa shape index (κ1) is 14.0. The highest BCUT2D eigenvalue weighted by Crippen LogP contribution is 2.37. The molecule has 0 saturated carbocycles. The number of hydrogen-bond acceptors (Lipinski definition) is 2. The molecular weight excluding hydrogens is 255 g/mol. The molecule has 0 bridgehead atoms. The van der Waals surface area contributed by atoms with Crippen LogP contribution < -0.4 is 36.3 Å². The van der Waals surface area contributed by atoms with Gasteiger partial charge in [0.1, 0.15) is 0 Å². The van der Waals surface area contributed by atoms with Gasteiger partial charge in [-0.1, -0.05) is 0 Å². The number of anilines is 2. The number of nitrogens with two attached hydrogens (primary N) is 2. The number of halogens is 2. The smallest absolute Gasteiger partial charge is 0.177 e. The van der Waals surface area contributed by atoms with Gasteiger partial charge in [0.2, 0.25) is 0 Å². The van der Waals surface area contributed by atoms with Crippen LogP contribution in [0.2, 0.25) is 0 Å². The molecule has 2 radical (unpaired) electrons. The molecule has 0 aliphatic heterocycles. The maximum atomic E-state index is 5.77. The zero-order chi connectivity index (χ0) is 10.4. The van der Waals surface area contributed by atoms with Crippen LogP contribution in [0.3, 0.4) is 0 Å². The molecule has 1 aliphatic rings. The lowest BCUT2D eigenvalue weighted by atomic mass is 10.1. The van der Waals surface area contributed by atoms with Crippen LogP contribution in [0.5, 0.6) is 0 Å². The summed E-state index contributed by atoms with van der Waals surface area (Å²) in [5.41, 5.74) is 18.4. The lowest BCUT2D eigenvalue weighted by Crippen LogP contribution is -3.00. The first-order chi connectivity index (χ1) is 7.24. The molecule has 0 amide bonds. The largest absolute Gasteiger partial charge is 1.00 e. The minimum absolute atomic E-state index is 0. The molecule has 2 nitrogen and oxygen atoms in total. The molecule has 88 valence electrons. The van der Waals surface area contributed by atoms with Crippen molar-refractivity contribution in [3.63, 3.8) is 0 Å². The predicted molar refractivity (Wildman–Crippen MR) is 57.9 cm³/mol. The van der Waals surface area contributed by atoms with E-state index in [0.29, 0.717) is 0 Å². The first-order valence-electron chi connectivity index (χ1n) is 5.01. The topological polar surface area (TPSA) is 50.6 Å². The molecule has 0 saturated heterocycles. The highest BCUT2D eigenvalue weighted by atomic mass is 35.5. The van der Waals surface area contributed by atoms with E-state index in [-0.39, 0.29) is 24.8 Å². The van der Waals surface area contributed by atoms with Crippen LogP contribution in [0.25, 0.3) is 11.1 Å². The minimum Gasteiger partial charge on any atom is -1.00 e. The molecular formula is C13H12Cl2N2. The van der Waals surface area contributed by atoms with E-state index in [1.165, 1.54) is 22.3 Å². The average molecular weight is 267 g/mol. The molecule has 0 spiro atoms. The van der Waals surface area contributed by atoms with E-state index in [9.17, 15) is 0 Å². The Morgan fingerprint density at radius 1 is 0.706 bits per heavy atom. The summed E-state index contributed by atoms with van der Waals surface area (Å²) in [5.74, 6) is 0. The van der Waals surface area contributed by atoms with Gasteiger partial charge in [0, 0.05) is 24.3 Å². The Bertz CT molecular complexity index is 504. The average Bonchev–Trinajstić information content (AvgIpc) is 2.53. The van der Waals surface area contributed by atoms with E-state index in [1.54, 1.807) is 0 Å². The van der Waals surface area contributed by atoms with Gasteiger partial charge in [0.25, 0.3) is 0 Å². The molecule has 0 atom stereocenters. The highest BCUT2D eigenvalue weighted by Gasteiger charge is 2.19. The van der Waals surface area contributed by atoms with Gasteiger partial charge in [-0.15, -0.1) is 0 Å². The third kappa shape index (κ3) is 2.31. The molecule has 4 N–H and O–H groups in total. The summed E-state index contributed by atoms with van der Waals surface area (Å²) < 4.78 is 0. The lowest BCUT2D eigenvalue weighted by Gasteiger charge is -1.98. The van der Waals surface area contributed by atoms with Crippen molar-refractivity contribution in [3.05, 3.63) is 47.5 Å². The second-order valence-corrected chi connectivity index (χ2v) is 4.01. The molecule has 0 unspecified atom stereocenters. The normalized spacial score (nSPS) is 10.9. The van der Waals surface area contributed by atoms with Gasteiger partial charge < -0.3 is 24.8 Å². The molecule has 0 heterocycles. The molecule has 2 aromatic rings. The summed E-state index contributed by atoms with van der Waals surface area (Å²) in [6.07, 6.45) is 0.945. The molecule has 4 heteroatoms. The van der Waals surface area contributed by atoms with E-state index in [2.05, 4.69) is 12.1 Å². The summed E-state index contributed by atoms with van der Waals surface area (Å²) in [5, 5.41) is 0. The molecule has 3 rings (SSSR count). The lowest BCUT2D eigenvalue weighted by molar-refractivity contribution is -0.255. The quantitative estimate of drug-likeness (QED) is 0.382. The summed E-state index contributed by atoms with van der Waals surface area (Å²) in [6, 6.07) is 12.2. The Labute approximate surface area is 113 Å². The summed E-state index contributed by atoms with van der Waals surface area (Å²) in [4.78, 5) is 0. The van der Waals surface area contributed by atoms with E-state index < -0.39 is 0 Å². The minimum atomic E-state index is 0. The van der Waals surface area contributed by atoms with Crippen LogP contribution in [-0.2, 0) is 6.42 Å². The van der Waals surface area contributed by atoms with Crippen LogP contribution in [0, 0.1) is 0 Å². The fraction of sp³-hybridized carbons (Fsp3) is 0.0769. The van der Waals surface area contributed by atoms with Crippen molar-refractivity contribution in [2.75, 3.05) is 0 Å².